The number of rotatable bonds is 7. The lowest BCUT2D eigenvalue weighted by Gasteiger charge is -2.10. The number of ether oxygens (including phenoxy) is 1. The van der Waals surface area contributed by atoms with Crippen LogP contribution in [0.1, 0.15) is 16.8 Å². The Hall–Kier alpha value is -5.28. The molecule has 1 aliphatic rings. The monoisotopic (exact) mass is 563 g/mol. The van der Waals surface area contributed by atoms with Gasteiger partial charge in [-0.3, -0.25) is 9.59 Å². The maximum absolute atomic E-state index is 12.9. The van der Waals surface area contributed by atoms with Gasteiger partial charge in [0.2, 0.25) is 0 Å². The zero-order valence-electron chi connectivity index (χ0n) is 21.7. The lowest BCUT2D eigenvalue weighted by Crippen LogP contribution is -2.04. The summed E-state index contributed by atoms with van der Waals surface area (Å²) >= 11 is 6.61. The first kappa shape index (κ1) is 26.0. The molecule has 0 bridgehead atoms. The second kappa shape index (κ2) is 10.7. The van der Waals surface area contributed by atoms with Crippen LogP contribution in [0.15, 0.2) is 85.5 Å². The summed E-state index contributed by atoms with van der Waals surface area (Å²) in [4.78, 5) is 33.0. The lowest BCUT2D eigenvalue weighted by atomic mass is 10.0. The zero-order chi connectivity index (χ0) is 28.5. The summed E-state index contributed by atoms with van der Waals surface area (Å²) in [5.41, 5.74) is 6.81. The Bertz CT molecular complexity index is 1820. The lowest BCUT2D eigenvalue weighted by molar-refractivity contribution is -0.136. The summed E-state index contributed by atoms with van der Waals surface area (Å²) in [6, 6.07) is 22.7. The largest absolute Gasteiger partial charge is 0.496 e. The quantitative estimate of drug-likeness (QED) is 0.241. The van der Waals surface area contributed by atoms with E-state index in [-0.39, 0.29) is 12.3 Å². The van der Waals surface area contributed by atoms with Gasteiger partial charge in [-0.2, -0.15) is 5.10 Å². The molecular formula is C31H22ClN5O4. The predicted molar refractivity (Wildman–Crippen MR) is 156 cm³/mol. The third-order valence-corrected chi connectivity index (χ3v) is 7.01. The standard InChI is InChI=1S/C31H22ClN5O4/c1-41-27-11-2-18(12-22(27)14-28(38)39)13-24-30-26(35-31(24)40)15-25(32)29(36-30)21-5-3-19(4-6-21)20-7-9-23(10-8-20)37-17-33-16-34-37/h2-13,15-17H,14H2,1H3,(H,35,40)(H,38,39). The molecule has 41 heavy (non-hydrogen) atoms. The van der Waals surface area contributed by atoms with Crippen LogP contribution in [0.5, 0.6) is 5.75 Å². The molecule has 0 fully saturated rings. The summed E-state index contributed by atoms with van der Waals surface area (Å²) in [6.07, 6.45) is 4.62. The van der Waals surface area contributed by atoms with Crippen molar-refractivity contribution in [3.8, 4) is 33.8 Å². The van der Waals surface area contributed by atoms with Gasteiger partial charge in [0.1, 0.15) is 24.1 Å². The first-order chi connectivity index (χ1) is 19.9. The maximum atomic E-state index is 12.9. The van der Waals surface area contributed by atoms with Crippen molar-refractivity contribution in [1.82, 2.24) is 19.7 Å². The van der Waals surface area contributed by atoms with Crippen molar-refractivity contribution in [1.29, 1.82) is 0 Å². The second-order valence-electron chi connectivity index (χ2n) is 9.33. The molecule has 2 aromatic heterocycles. The third kappa shape index (κ3) is 5.18. The van der Waals surface area contributed by atoms with E-state index in [1.165, 1.54) is 13.4 Å². The SMILES string of the molecule is COc1ccc(C=C2C(=O)Nc3cc(Cl)c(-c4ccc(-c5ccc(-n6cncn6)cc5)cc4)nc32)cc1CC(=O)O. The topological polar surface area (TPSA) is 119 Å². The first-order valence-electron chi connectivity index (χ1n) is 12.6. The Balaban J connectivity index is 1.31. The number of fused-ring (bicyclic) bond motifs is 1. The Morgan fingerprint density at radius 1 is 1.00 bits per heavy atom. The van der Waals surface area contributed by atoms with Crippen molar-refractivity contribution in [3.05, 3.63) is 107 Å². The van der Waals surface area contributed by atoms with E-state index in [0.29, 0.717) is 44.5 Å². The number of anilines is 1. The number of carboxylic acid groups (broad SMARTS) is 1. The fourth-order valence-electron chi connectivity index (χ4n) is 4.75. The number of amides is 1. The highest BCUT2D eigenvalue weighted by atomic mass is 35.5. The summed E-state index contributed by atoms with van der Waals surface area (Å²) in [7, 11) is 1.48. The fourth-order valence-corrected chi connectivity index (χ4v) is 5.01. The molecule has 0 saturated heterocycles. The van der Waals surface area contributed by atoms with Crippen LogP contribution >= 0.6 is 11.6 Å². The minimum Gasteiger partial charge on any atom is -0.496 e. The molecule has 10 heteroatoms. The Morgan fingerprint density at radius 3 is 2.37 bits per heavy atom. The summed E-state index contributed by atoms with van der Waals surface area (Å²) in [6.45, 7) is 0. The molecule has 2 N–H and O–H groups in total. The predicted octanol–water partition coefficient (Wildman–Crippen LogP) is 5.78. The molecule has 0 atom stereocenters. The van der Waals surface area contributed by atoms with Gasteiger partial charge in [-0.15, -0.1) is 0 Å². The molecule has 6 rings (SSSR count). The molecule has 1 aliphatic heterocycles. The number of aliphatic carboxylic acids is 1. The number of halogens is 1. The first-order valence-corrected chi connectivity index (χ1v) is 13.0. The van der Waals surface area contributed by atoms with Crippen LogP contribution in [-0.4, -0.2) is 43.8 Å². The molecule has 0 radical (unpaired) electrons. The summed E-state index contributed by atoms with van der Waals surface area (Å²) in [5, 5.41) is 16.6. The molecule has 202 valence electrons. The van der Waals surface area contributed by atoms with Crippen molar-refractivity contribution in [2.24, 2.45) is 0 Å². The van der Waals surface area contributed by atoms with Crippen LogP contribution in [-0.2, 0) is 16.0 Å². The van der Waals surface area contributed by atoms with E-state index in [1.54, 1.807) is 41.4 Å². The number of hydrogen-bond donors (Lipinski definition) is 2. The smallest absolute Gasteiger partial charge is 0.307 e. The number of hydrogen-bond acceptors (Lipinski definition) is 6. The van der Waals surface area contributed by atoms with Gasteiger partial charge in [-0.1, -0.05) is 54.1 Å². The van der Waals surface area contributed by atoms with Crippen LogP contribution in [0.4, 0.5) is 5.69 Å². The van der Waals surface area contributed by atoms with Crippen LogP contribution in [0.25, 0.3) is 39.7 Å². The molecular weight excluding hydrogens is 542 g/mol. The number of nitrogens with one attached hydrogen (secondary N) is 1. The van der Waals surface area contributed by atoms with Crippen molar-refractivity contribution in [2.45, 2.75) is 6.42 Å². The average Bonchev–Trinajstić information content (AvgIpc) is 3.61. The van der Waals surface area contributed by atoms with Gasteiger partial charge in [0.05, 0.1) is 41.2 Å². The Kier molecular flexibility index (Phi) is 6.78. The van der Waals surface area contributed by atoms with Crippen LogP contribution in [0.3, 0.4) is 0 Å². The molecule has 1 amide bonds. The molecule has 0 spiro atoms. The molecule has 5 aromatic rings. The van der Waals surface area contributed by atoms with Crippen LogP contribution in [0.2, 0.25) is 5.02 Å². The second-order valence-corrected chi connectivity index (χ2v) is 9.74. The highest BCUT2D eigenvalue weighted by Gasteiger charge is 2.28. The van der Waals surface area contributed by atoms with Gasteiger partial charge < -0.3 is 15.2 Å². The van der Waals surface area contributed by atoms with Gasteiger partial charge in [0.25, 0.3) is 5.91 Å². The van der Waals surface area contributed by atoms with Crippen LogP contribution < -0.4 is 10.1 Å². The van der Waals surface area contributed by atoms with E-state index in [1.807, 2.05) is 48.5 Å². The van der Waals surface area contributed by atoms with E-state index in [2.05, 4.69) is 15.4 Å². The van der Waals surface area contributed by atoms with E-state index in [9.17, 15) is 14.7 Å². The minimum absolute atomic E-state index is 0.205. The maximum Gasteiger partial charge on any atom is 0.307 e. The minimum atomic E-state index is -0.979. The molecule has 3 aromatic carbocycles. The number of pyridine rings is 1. The van der Waals surface area contributed by atoms with Crippen molar-refractivity contribution < 1.29 is 19.4 Å². The van der Waals surface area contributed by atoms with Gasteiger partial charge in [0.15, 0.2) is 0 Å². The van der Waals surface area contributed by atoms with E-state index in [4.69, 9.17) is 21.3 Å². The zero-order valence-corrected chi connectivity index (χ0v) is 22.5. The third-order valence-electron chi connectivity index (χ3n) is 6.72. The van der Waals surface area contributed by atoms with Gasteiger partial charge in [-0.25, -0.2) is 14.6 Å². The molecule has 9 nitrogen and oxygen atoms in total. The molecule has 0 saturated carbocycles. The van der Waals surface area contributed by atoms with E-state index in [0.717, 1.165) is 22.4 Å². The Labute approximate surface area is 239 Å². The number of carboxylic acids is 1. The van der Waals surface area contributed by atoms with Gasteiger partial charge in [0, 0.05) is 11.1 Å². The molecule has 3 heterocycles. The summed E-state index contributed by atoms with van der Waals surface area (Å²) < 4.78 is 6.98. The Morgan fingerprint density at radius 2 is 1.71 bits per heavy atom. The van der Waals surface area contributed by atoms with Crippen molar-refractivity contribution >= 4 is 40.8 Å². The number of benzene rings is 3. The van der Waals surface area contributed by atoms with Crippen LogP contribution in [0, 0.1) is 0 Å². The molecule has 0 unspecified atom stereocenters. The summed E-state index contributed by atoms with van der Waals surface area (Å²) in [5.74, 6) is -0.832. The average molecular weight is 564 g/mol. The van der Waals surface area contributed by atoms with Crippen molar-refractivity contribution in [3.63, 3.8) is 0 Å². The van der Waals surface area contributed by atoms with Crippen molar-refractivity contribution in [2.75, 3.05) is 12.4 Å². The fraction of sp³-hybridized carbons (Fsp3) is 0.0645. The van der Waals surface area contributed by atoms with E-state index < -0.39 is 5.97 Å². The number of carbonyl (C=O) groups is 2. The number of aromatic nitrogens is 4. The van der Waals surface area contributed by atoms with E-state index >= 15 is 0 Å². The van der Waals surface area contributed by atoms with Gasteiger partial charge >= 0.3 is 5.97 Å². The normalized spacial score (nSPS) is 13.2. The number of methoxy groups -OCH3 is 1. The number of carbonyl (C=O) groups excluding carboxylic acids is 1. The number of nitrogens with zero attached hydrogens (tertiary/aromatic N) is 4. The highest BCUT2D eigenvalue weighted by molar-refractivity contribution is 6.37. The van der Waals surface area contributed by atoms with Gasteiger partial charge in [-0.05, 0) is 53.1 Å². The highest BCUT2D eigenvalue weighted by Crippen LogP contribution is 2.38. The molecule has 0 aliphatic carbocycles.